The molecule has 0 bridgehead atoms. The lowest BCUT2D eigenvalue weighted by atomic mass is 9.73. The normalized spacial score (nSPS) is 23.1. The highest BCUT2D eigenvalue weighted by atomic mass is 16.2. The highest BCUT2D eigenvalue weighted by Gasteiger charge is 2.42. The third kappa shape index (κ3) is 3.66. The first-order valence-corrected chi connectivity index (χ1v) is 9.77. The molecule has 4 rings (SSSR count). The van der Waals surface area contributed by atoms with Crippen molar-refractivity contribution in [3.05, 3.63) is 47.7 Å². The zero-order valence-electron chi connectivity index (χ0n) is 16.2. The quantitative estimate of drug-likeness (QED) is 0.837. The molecule has 2 aliphatic rings. The molecule has 0 N–H and O–H groups in total. The van der Waals surface area contributed by atoms with Gasteiger partial charge in [0, 0.05) is 48.9 Å². The molecular formula is C21H27N5O. The van der Waals surface area contributed by atoms with E-state index in [0.717, 1.165) is 55.2 Å². The Morgan fingerprint density at radius 2 is 2.00 bits per heavy atom. The van der Waals surface area contributed by atoms with Crippen LogP contribution in [0.2, 0.25) is 0 Å². The Morgan fingerprint density at radius 3 is 2.81 bits per heavy atom. The Bertz CT molecular complexity index is 825. The molecule has 6 heteroatoms. The third-order valence-electron chi connectivity index (χ3n) is 6.10. The summed E-state index contributed by atoms with van der Waals surface area (Å²) in [6, 6.07) is 5.89. The minimum atomic E-state index is 0.145. The van der Waals surface area contributed by atoms with Crippen LogP contribution >= 0.6 is 0 Å². The average Bonchev–Trinajstić information content (AvgIpc) is 2.68. The molecular weight excluding hydrogens is 338 g/mol. The first-order valence-electron chi connectivity index (χ1n) is 9.77. The number of anilines is 1. The van der Waals surface area contributed by atoms with Crippen molar-refractivity contribution in [2.45, 2.75) is 46.1 Å². The maximum absolute atomic E-state index is 12.5. The predicted octanol–water partition coefficient (Wildman–Crippen LogP) is 2.90. The van der Waals surface area contributed by atoms with E-state index in [2.05, 4.69) is 26.8 Å². The second-order valence-corrected chi connectivity index (χ2v) is 8.00. The van der Waals surface area contributed by atoms with Gasteiger partial charge in [-0.1, -0.05) is 6.07 Å². The molecule has 1 amide bonds. The zero-order chi connectivity index (χ0) is 18.9. The summed E-state index contributed by atoms with van der Waals surface area (Å²) in [5.41, 5.74) is 3.30. The standard InChI is InChI=1S/C21H27N5O/c1-16-17(2)23-15-24-20(16)25-11-5-8-21(13-25)9-7-19(27)26(14-21)12-18-6-3-4-10-22-18/h3-4,6,10,15H,5,7-9,11-14H2,1-2H3/t21-/m1/s1. The summed E-state index contributed by atoms with van der Waals surface area (Å²) in [6.45, 7) is 7.52. The van der Waals surface area contributed by atoms with E-state index in [1.807, 2.05) is 30.0 Å². The Balaban J connectivity index is 1.53. The van der Waals surface area contributed by atoms with Crippen LogP contribution in [0.3, 0.4) is 0 Å². The Kier molecular flexibility index (Phi) is 4.81. The summed E-state index contributed by atoms with van der Waals surface area (Å²) in [4.78, 5) is 30.2. The van der Waals surface area contributed by atoms with Crippen molar-refractivity contribution in [3.63, 3.8) is 0 Å². The van der Waals surface area contributed by atoms with Crippen molar-refractivity contribution in [2.75, 3.05) is 24.5 Å². The van der Waals surface area contributed by atoms with Crippen molar-refractivity contribution >= 4 is 11.7 Å². The van der Waals surface area contributed by atoms with Crippen molar-refractivity contribution in [1.82, 2.24) is 19.9 Å². The number of amides is 1. The summed E-state index contributed by atoms with van der Waals surface area (Å²) < 4.78 is 0. The molecule has 0 saturated carbocycles. The van der Waals surface area contributed by atoms with Crippen LogP contribution in [-0.2, 0) is 11.3 Å². The summed E-state index contributed by atoms with van der Waals surface area (Å²) in [6.07, 6.45) is 7.35. The maximum Gasteiger partial charge on any atom is 0.222 e. The lowest BCUT2D eigenvalue weighted by molar-refractivity contribution is -0.138. The van der Waals surface area contributed by atoms with Crippen LogP contribution in [0.15, 0.2) is 30.7 Å². The summed E-state index contributed by atoms with van der Waals surface area (Å²) in [7, 11) is 0. The molecule has 142 valence electrons. The van der Waals surface area contributed by atoms with Gasteiger partial charge < -0.3 is 9.80 Å². The number of aromatic nitrogens is 3. The smallest absolute Gasteiger partial charge is 0.222 e. The molecule has 0 aliphatic carbocycles. The van der Waals surface area contributed by atoms with Gasteiger partial charge in [-0.05, 0) is 45.2 Å². The zero-order valence-corrected chi connectivity index (χ0v) is 16.2. The molecule has 27 heavy (non-hydrogen) atoms. The topological polar surface area (TPSA) is 62.2 Å². The molecule has 2 aromatic heterocycles. The van der Waals surface area contributed by atoms with E-state index in [1.165, 1.54) is 6.42 Å². The molecule has 0 aromatic carbocycles. The highest BCUT2D eigenvalue weighted by molar-refractivity contribution is 5.77. The predicted molar refractivity (Wildman–Crippen MR) is 104 cm³/mol. The van der Waals surface area contributed by atoms with Gasteiger partial charge in [-0.15, -0.1) is 0 Å². The Labute approximate surface area is 160 Å². The lowest BCUT2D eigenvalue weighted by Gasteiger charge is -2.48. The SMILES string of the molecule is Cc1ncnc(N2CCC[C@@]3(CCC(=O)N(Cc4ccccn4)C3)C2)c1C. The lowest BCUT2D eigenvalue weighted by Crippen LogP contribution is -2.54. The van der Waals surface area contributed by atoms with E-state index in [0.29, 0.717) is 13.0 Å². The molecule has 0 unspecified atom stereocenters. The van der Waals surface area contributed by atoms with Gasteiger partial charge in [0.25, 0.3) is 0 Å². The van der Waals surface area contributed by atoms with Crippen LogP contribution in [-0.4, -0.2) is 45.4 Å². The van der Waals surface area contributed by atoms with Gasteiger partial charge in [0.05, 0.1) is 12.2 Å². The van der Waals surface area contributed by atoms with Gasteiger partial charge in [-0.3, -0.25) is 9.78 Å². The van der Waals surface area contributed by atoms with Gasteiger partial charge in [-0.2, -0.15) is 0 Å². The molecule has 2 saturated heterocycles. The fourth-order valence-electron chi connectivity index (χ4n) is 4.50. The molecule has 6 nitrogen and oxygen atoms in total. The van der Waals surface area contributed by atoms with E-state index in [1.54, 1.807) is 12.5 Å². The summed E-state index contributed by atoms with van der Waals surface area (Å²) >= 11 is 0. The van der Waals surface area contributed by atoms with Crippen molar-refractivity contribution in [3.8, 4) is 0 Å². The number of likely N-dealkylation sites (tertiary alicyclic amines) is 1. The largest absolute Gasteiger partial charge is 0.356 e. The molecule has 2 aromatic rings. The van der Waals surface area contributed by atoms with E-state index < -0.39 is 0 Å². The number of rotatable bonds is 3. The molecule has 1 atom stereocenters. The van der Waals surface area contributed by atoms with Gasteiger partial charge in [0.1, 0.15) is 12.1 Å². The number of pyridine rings is 1. The van der Waals surface area contributed by atoms with E-state index in [-0.39, 0.29) is 11.3 Å². The molecule has 0 radical (unpaired) electrons. The highest BCUT2D eigenvalue weighted by Crippen LogP contribution is 2.40. The number of hydrogen-bond donors (Lipinski definition) is 0. The van der Waals surface area contributed by atoms with Crippen molar-refractivity contribution in [2.24, 2.45) is 5.41 Å². The van der Waals surface area contributed by atoms with Gasteiger partial charge >= 0.3 is 0 Å². The van der Waals surface area contributed by atoms with E-state index in [4.69, 9.17) is 0 Å². The fourth-order valence-corrected chi connectivity index (χ4v) is 4.50. The number of carbonyl (C=O) groups excluding carboxylic acids is 1. The third-order valence-corrected chi connectivity index (χ3v) is 6.10. The van der Waals surface area contributed by atoms with Crippen molar-refractivity contribution in [1.29, 1.82) is 0 Å². The Hall–Kier alpha value is -2.50. The molecule has 4 heterocycles. The van der Waals surface area contributed by atoms with Crippen molar-refractivity contribution < 1.29 is 4.79 Å². The summed E-state index contributed by atoms with van der Waals surface area (Å²) in [5, 5.41) is 0. The van der Waals surface area contributed by atoms with Crippen LogP contribution in [0.5, 0.6) is 0 Å². The van der Waals surface area contributed by atoms with E-state index in [9.17, 15) is 4.79 Å². The van der Waals surface area contributed by atoms with Gasteiger partial charge in [-0.25, -0.2) is 9.97 Å². The number of nitrogens with zero attached hydrogens (tertiary/aromatic N) is 5. The van der Waals surface area contributed by atoms with E-state index >= 15 is 0 Å². The van der Waals surface area contributed by atoms with Gasteiger partial charge in [0.15, 0.2) is 0 Å². The Morgan fingerprint density at radius 1 is 1.11 bits per heavy atom. The first kappa shape index (κ1) is 17.9. The van der Waals surface area contributed by atoms with Crippen LogP contribution in [0, 0.1) is 19.3 Å². The van der Waals surface area contributed by atoms with Crippen LogP contribution in [0.4, 0.5) is 5.82 Å². The molecule has 2 fully saturated rings. The monoisotopic (exact) mass is 365 g/mol. The van der Waals surface area contributed by atoms with Crippen LogP contribution in [0.25, 0.3) is 0 Å². The minimum absolute atomic E-state index is 0.145. The van der Waals surface area contributed by atoms with Gasteiger partial charge in [0.2, 0.25) is 5.91 Å². The number of carbonyl (C=O) groups is 1. The number of piperidine rings is 2. The first-order chi connectivity index (χ1) is 13.1. The second kappa shape index (κ2) is 7.25. The summed E-state index contributed by atoms with van der Waals surface area (Å²) in [5.74, 6) is 1.30. The molecule has 1 spiro atoms. The fraction of sp³-hybridized carbons (Fsp3) is 0.524. The second-order valence-electron chi connectivity index (χ2n) is 8.00. The average molecular weight is 365 g/mol. The van der Waals surface area contributed by atoms with Crippen LogP contribution in [0.1, 0.15) is 42.6 Å². The number of hydrogen-bond acceptors (Lipinski definition) is 5. The molecule has 2 aliphatic heterocycles. The van der Waals surface area contributed by atoms with Crippen LogP contribution < -0.4 is 4.90 Å². The minimum Gasteiger partial charge on any atom is -0.356 e. The number of aryl methyl sites for hydroxylation is 1. The maximum atomic E-state index is 12.5.